The van der Waals surface area contributed by atoms with E-state index < -0.39 is 0 Å². The van der Waals surface area contributed by atoms with Crippen LogP contribution in [0.25, 0.3) is 11.0 Å². The Labute approximate surface area is 111 Å². The highest BCUT2D eigenvalue weighted by molar-refractivity contribution is 5.90. The quantitative estimate of drug-likeness (QED) is 0.815. The molecule has 1 saturated heterocycles. The van der Waals surface area contributed by atoms with E-state index in [4.69, 9.17) is 0 Å². The average molecular weight is 259 g/mol. The third kappa shape index (κ3) is 2.25. The molecule has 19 heavy (non-hydrogen) atoms. The van der Waals surface area contributed by atoms with Crippen LogP contribution in [0, 0.1) is 6.92 Å². The molecule has 100 valence electrons. The highest BCUT2D eigenvalue weighted by atomic mass is 16.1. The van der Waals surface area contributed by atoms with Crippen LogP contribution in [0.2, 0.25) is 0 Å². The number of H-pyrrole nitrogens is 1. The van der Waals surface area contributed by atoms with Gasteiger partial charge in [0.05, 0.1) is 5.39 Å². The molecule has 2 aromatic heterocycles. The van der Waals surface area contributed by atoms with Gasteiger partial charge in [-0.25, -0.2) is 9.97 Å². The van der Waals surface area contributed by atoms with E-state index in [9.17, 15) is 4.79 Å². The number of nitrogens with one attached hydrogen (secondary N) is 2. The smallest absolute Gasteiger partial charge is 0.209 e. The number of rotatable bonds is 3. The van der Waals surface area contributed by atoms with E-state index in [-0.39, 0.29) is 0 Å². The number of amides is 1. The standard InChI is InChI=1S/C13H17N5O/c1-9-6-14-12-11(9)13(16-7-15-12)17-10-2-4-18(8-19)5-3-10/h6-8,10H,2-5H2,1H3,(H2,14,15,16,17). The van der Waals surface area contributed by atoms with Crippen molar-refractivity contribution in [3.63, 3.8) is 0 Å². The number of aryl methyl sites for hydroxylation is 1. The lowest BCUT2D eigenvalue weighted by molar-refractivity contribution is -0.118. The summed E-state index contributed by atoms with van der Waals surface area (Å²) >= 11 is 0. The van der Waals surface area contributed by atoms with Crippen molar-refractivity contribution in [2.24, 2.45) is 0 Å². The lowest BCUT2D eigenvalue weighted by atomic mass is 10.1. The van der Waals surface area contributed by atoms with Crippen LogP contribution in [0.15, 0.2) is 12.5 Å². The number of piperidine rings is 1. The number of nitrogens with zero attached hydrogens (tertiary/aromatic N) is 3. The van der Waals surface area contributed by atoms with Crippen LogP contribution in [-0.4, -0.2) is 45.4 Å². The summed E-state index contributed by atoms with van der Waals surface area (Å²) in [6.07, 6.45) is 6.34. The zero-order valence-electron chi connectivity index (χ0n) is 10.9. The van der Waals surface area contributed by atoms with Crippen molar-refractivity contribution < 1.29 is 4.79 Å². The second-order valence-corrected chi connectivity index (χ2v) is 4.98. The Hall–Kier alpha value is -2.11. The van der Waals surface area contributed by atoms with Gasteiger partial charge < -0.3 is 15.2 Å². The first-order valence-electron chi connectivity index (χ1n) is 6.52. The van der Waals surface area contributed by atoms with E-state index in [0.717, 1.165) is 54.8 Å². The van der Waals surface area contributed by atoms with Gasteiger partial charge in [-0.1, -0.05) is 0 Å². The van der Waals surface area contributed by atoms with E-state index in [0.29, 0.717) is 6.04 Å². The number of hydrogen-bond donors (Lipinski definition) is 2. The van der Waals surface area contributed by atoms with Gasteiger partial charge >= 0.3 is 0 Å². The molecular formula is C13H17N5O. The zero-order chi connectivity index (χ0) is 13.2. The van der Waals surface area contributed by atoms with Crippen LogP contribution in [0.5, 0.6) is 0 Å². The van der Waals surface area contributed by atoms with Gasteiger partial charge in [0, 0.05) is 25.3 Å². The largest absolute Gasteiger partial charge is 0.367 e. The second kappa shape index (κ2) is 4.87. The molecule has 2 aromatic rings. The molecule has 0 spiro atoms. The van der Waals surface area contributed by atoms with Crippen molar-refractivity contribution in [1.29, 1.82) is 0 Å². The molecule has 0 aromatic carbocycles. The monoisotopic (exact) mass is 259 g/mol. The van der Waals surface area contributed by atoms with Crippen LogP contribution in [-0.2, 0) is 4.79 Å². The Balaban J connectivity index is 1.78. The van der Waals surface area contributed by atoms with Crippen molar-refractivity contribution in [1.82, 2.24) is 19.9 Å². The Morgan fingerprint density at radius 3 is 2.95 bits per heavy atom. The number of aromatic nitrogens is 3. The summed E-state index contributed by atoms with van der Waals surface area (Å²) < 4.78 is 0. The van der Waals surface area contributed by atoms with Crippen molar-refractivity contribution in [2.75, 3.05) is 18.4 Å². The molecule has 0 atom stereocenters. The summed E-state index contributed by atoms with van der Waals surface area (Å²) in [5.74, 6) is 0.883. The molecule has 1 aliphatic rings. The lowest BCUT2D eigenvalue weighted by Crippen LogP contribution is -2.38. The third-order valence-corrected chi connectivity index (χ3v) is 3.69. The molecule has 6 nitrogen and oxygen atoms in total. The number of anilines is 1. The molecule has 0 bridgehead atoms. The summed E-state index contributed by atoms with van der Waals surface area (Å²) in [5.41, 5.74) is 2.00. The summed E-state index contributed by atoms with van der Waals surface area (Å²) in [6, 6.07) is 0.364. The summed E-state index contributed by atoms with van der Waals surface area (Å²) in [4.78, 5) is 24.2. The number of carbonyl (C=O) groups excluding carboxylic acids is 1. The van der Waals surface area contributed by atoms with Crippen molar-refractivity contribution in [2.45, 2.75) is 25.8 Å². The minimum Gasteiger partial charge on any atom is -0.367 e. The Kier molecular flexibility index (Phi) is 3.06. The maximum atomic E-state index is 10.7. The first-order chi connectivity index (χ1) is 9.28. The van der Waals surface area contributed by atoms with Crippen molar-refractivity contribution >= 4 is 23.3 Å². The fourth-order valence-electron chi connectivity index (χ4n) is 2.57. The van der Waals surface area contributed by atoms with Crippen LogP contribution in [0.4, 0.5) is 5.82 Å². The number of hydrogen-bond acceptors (Lipinski definition) is 4. The van der Waals surface area contributed by atoms with Crippen LogP contribution >= 0.6 is 0 Å². The average Bonchev–Trinajstić information content (AvgIpc) is 2.83. The third-order valence-electron chi connectivity index (χ3n) is 3.69. The fourth-order valence-corrected chi connectivity index (χ4v) is 2.57. The molecule has 0 unspecified atom stereocenters. The molecule has 1 amide bonds. The lowest BCUT2D eigenvalue weighted by Gasteiger charge is -2.30. The van der Waals surface area contributed by atoms with Gasteiger partial charge in [0.15, 0.2) is 0 Å². The second-order valence-electron chi connectivity index (χ2n) is 4.98. The zero-order valence-corrected chi connectivity index (χ0v) is 10.9. The molecular weight excluding hydrogens is 242 g/mol. The van der Waals surface area contributed by atoms with Crippen molar-refractivity contribution in [3.8, 4) is 0 Å². The molecule has 1 fully saturated rings. The minimum atomic E-state index is 0.364. The first kappa shape index (κ1) is 12.0. The predicted octanol–water partition coefficient (Wildman–Crippen LogP) is 1.30. The highest BCUT2D eigenvalue weighted by Gasteiger charge is 2.19. The predicted molar refractivity (Wildman–Crippen MR) is 72.9 cm³/mol. The minimum absolute atomic E-state index is 0.364. The number of likely N-dealkylation sites (tertiary alicyclic amines) is 1. The molecule has 0 radical (unpaired) electrons. The van der Waals surface area contributed by atoms with Gasteiger partial charge in [0.1, 0.15) is 17.8 Å². The first-order valence-corrected chi connectivity index (χ1v) is 6.52. The molecule has 3 rings (SSSR count). The SMILES string of the molecule is Cc1c[nH]c2ncnc(NC3CCN(C=O)CC3)c12. The number of carbonyl (C=O) groups is 1. The molecule has 3 heterocycles. The van der Waals surface area contributed by atoms with Gasteiger partial charge in [0.25, 0.3) is 0 Å². The van der Waals surface area contributed by atoms with Crippen molar-refractivity contribution in [3.05, 3.63) is 18.1 Å². The molecule has 0 saturated carbocycles. The van der Waals surface area contributed by atoms with Crippen LogP contribution in [0.1, 0.15) is 18.4 Å². The van der Waals surface area contributed by atoms with E-state index >= 15 is 0 Å². The fraction of sp³-hybridized carbons (Fsp3) is 0.462. The Bertz CT molecular complexity index is 586. The Morgan fingerprint density at radius 1 is 1.42 bits per heavy atom. The van der Waals surface area contributed by atoms with E-state index in [1.807, 2.05) is 18.0 Å². The molecule has 2 N–H and O–H groups in total. The summed E-state index contributed by atoms with van der Waals surface area (Å²) in [7, 11) is 0. The number of fused-ring (bicyclic) bond motifs is 1. The topological polar surface area (TPSA) is 73.9 Å². The van der Waals surface area contributed by atoms with Gasteiger partial charge in [0.2, 0.25) is 6.41 Å². The molecule has 1 aliphatic heterocycles. The number of aromatic amines is 1. The molecule has 6 heteroatoms. The van der Waals surface area contributed by atoms with Gasteiger partial charge in [-0.05, 0) is 25.3 Å². The van der Waals surface area contributed by atoms with E-state index in [1.54, 1.807) is 6.33 Å². The molecule has 0 aliphatic carbocycles. The Morgan fingerprint density at radius 2 is 2.21 bits per heavy atom. The van der Waals surface area contributed by atoms with Gasteiger partial charge in [-0.3, -0.25) is 4.79 Å². The van der Waals surface area contributed by atoms with Gasteiger partial charge in [-0.2, -0.15) is 0 Å². The van der Waals surface area contributed by atoms with Crippen LogP contribution in [0.3, 0.4) is 0 Å². The summed E-state index contributed by atoms with van der Waals surface area (Å²) in [6.45, 7) is 3.66. The van der Waals surface area contributed by atoms with Crippen LogP contribution < -0.4 is 5.32 Å². The van der Waals surface area contributed by atoms with Gasteiger partial charge in [-0.15, -0.1) is 0 Å². The maximum absolute atomic E-state index is 10.7. The normalized spacial score (nSPS) is 16.8. The summed E-state index contributed by atoms with van der Waals surface area (Å²) in [5, 5.41) is 4.54. The van der Waals surface area contributed by atoms with E-state index in [1.165, 1.54) is 0 Å². The maximum Gasteiger partial charge on any atom is 0.209 e. The van der Waals surface area contributed by atoms with E-state index in [2.05, 4.69) is 20.3 Å². The highest BCUT2D eigenvalue weighted by Crippen LogP contribution is 2.24.